The molecule has 3 heterocycles. The molecular weight excluding hydrogens is 585 g/mol. The smallest absolute Gasteiger partial charge is 0.465 e. The standard InChI is InChI=1S/C29H44NO12P/c1-6-8-15-36-43(33,37-16-9-7-2)42-29(26(31)34-5)17-21-23(30-27(32)38-21)25(41-29)24-22(39-28(3,4)40-24)19-35-18-20-13-11-10-12-14-20/h10-14,21-25H,6-9,15-19H2,1-5H3,(H,30,32)/t21-,22+,23+,24+,25+,29-/m0/s1. The molecule has 3 fully saturated rings. The Balaban J connectivity index is 1.62. The molecule has 3 saturated heterocycles. The zero-order valence-corrected chi connectivity index (χ0v) is 26.4. The molecule has 0 unspecified atom stereocenters. The number of fused-ring (bicyclic) bond motifs is 1. The average Bonchev–Trinajstić information content (AvgIpc) is 3.50. The van der Waals surface area contributed by atoms with Crippen LogP contribution in [-0.4, -0.2) is 81.0 Å². The lowest BCUT2D eigenvalue weighted by molar-refractivity contribution is -0.283. The van der Waals surface area contributed by atoms with Crippen molar-refractivity contribution in [3.05, 3.63) is 35.9 Å². The molecule has 6 atom stereocenters. The highest BCUT2D eigenvalue weighted by Gasteiger charge is 2.64. The zero-order valence-electron chi connectivity index (χ0n) is 25.5. The molecule has 3 aliphatic rings. The van der Waals surface area contributed by atoms with Crippen LogP contribution < -0.4 is 5.32 Å². The Labute approximate surface area is 252 Å². The molecule has 0 spiro atoms. The summed E-state index contributed by atoms with van der Waals surface area (Å²) < 4.78 is 66.5. The van der Waals surface area contributed by atoms with E-state index in [2.05, 4.69) is 5.32 Å². The topological polar surface area (TPSA) is 146 Å². The van der Waals surface area contributed by atoms with Crippen LogP contribution in [0.2, 0.25) is 0 Å². The number of benzene rings is 1. The van der Waals surface area contributed by atoms with Crippen molar-refractivity contribution in [2.45, 2.75) is 108 Å². The van der Waals surface area contributed by atoms with Crippen molar-refractivity contribution >= 4 is 19.9 Å². The summed E-state index contributed by atoms with van der Waals surface area (Å²) in [6.45, 7) is 7.95. The molecule has 0 bridgehead atoms. The van der Waals surface area contributed by atoms with Gasteiger partial charge in [0.25, 0.3) is 5.79 Å². The molecule has 1 N–H and O–H groups in total. The summed E-state index contributed by atoms with van der Waals surface area (Å²) in [7, 11) is -3.22. The van der Waals surface area contributed by atoms with Crippen LogP contribution in [0.1, 0.15) is 65.4 Å². The molecule has 0 saturated carbocycles. The quantitative estimate of drug-likeness (QED) is 0.155. The number of unbranched alkanes of at least 4 members (excludes halogenated alkanes) is 2. The third-order valence-corrected chi connectivity index (χ3v) is 8.80. The molecule has 43 heavy (non-hydrogen) atoms. The normalized spacial score (nSPS) is 30.0. The SMILES string of the molecule is CCCCOP(=O)(OCCCC)O[C@]1(C(=O)OC)C[C@@H]2OC(=O)N[C@H]2[C@H]([C@@H]2OC(C)(C)O[C@@H]2COCc2ccccc2)O1. The number of phosphoric acid groups is 1. The zero-order chi connectivity index (χ0) is 31.1. The van der Waals surface area contributed by atoms with Gasteiger partial charge in [0.1, 0.15) is 24.4 Å². The maximum Gasteiger partial charge on any atom is 0.477 e. The van der Waals surface area contributed by atoms with Crippen LogP contribution in [0.3, 0.4) is 0 Å². The van der Waals surface area contributed by atoms with Crippen LogP contribution in [0.15, 0.2) is 30.3 Å². The number of rotatable bonds is 16. The number of hydrogen-bond acceptors (Lipinski definition) is 12. The summed E-state index contributed by atoms with van der Waals surface area (Å²) in [5.41, 5.74) is 0.975. The Morgan fingerprint density at radius 3 is 2.33 bits per heavy atom. The van der Waals surface area contributed by atoms with Crippen molar-refractivity contribution in [3.63, 3.8) is 0 Å². The summed E-state index contributed by atoms with van der Waals surface area (Å²) in [5, 5.41) is 2.75. The summed E-state index contributed by atoms with van der Waals surface area (Å²) >= 11 is 0. The predicted octanol–water partition coefficient (Wildman–Crippen LogP) is 4.62. The van der Waals surface area contributed by atoms with Crippen LogP contribution in [0.5, 0.6) is 0 Å². The summed E-state index contributed by atoms with van der Waals surface area (Å²) in [6, 6.07) is 8.89. The minimum absolute atomic E-state index is 0.0672. The van der Waals surface area contributed by atoms with Gasteiger partial charge in [-0.1, -0.05) is 57.0 Å². The van der Waals surface area contributed by atoms with Crippen molar-refractivity contribution in [2.24, 2.45) is 0 Å². The Morgan fingerprint density at radius 1 is 1.02 bits per heavy atom. The van der Waals surface area contributed by atoms with Crippen LogP contribution in [0.25, 0.3) is 0 Å². The van der Waals surface area contributed by atoms with Gasteiger partial charge in [-0.3, -0.25) is 9.05 Å². The summed E-state index contributed by atoms with van der Waals surface area (Å²) in [4.78, 5) is 25.9. The number of carbonyl (C=O) groups is 2. The minimum Gasteiger partial charge on any atom is -0.465 e. The molecule has 1 aromatic carbocycles. The van der Waals surface area contributed by atoms with E-state index in [0.29, 0.717) is 19.4 Å². The minimum atomic E-state index is -4.37. The Hall–Kier alpha value is -2.09. The molecule has 0 radical (unpaired) electrons. The number of phosphoric ester groups is 1. The molecule has 4 rings (SSSR count). The van der Waals surface area contributed by atoms with Crippen LogP contribution in [0, 0.1) is 0 Å². The van der Waals surface area contributed by atoms with Gasteiger partial charge in [0.05, 0.1) is 46.0 Å². The molecule has 242 valence electrons. The number of carbonyl (C=O) groups excluding carboxylic acids is 2. The van der Waals surface area contributed by atoms with Crippen molar-refractivity contribution in [3.8, 4) is 0 Å². The van der Waals surface area contributed by atoms with Crippen LogP contribution >= 0.6 is 7.82 Å². The second-order valence-electron chi connectivity index (χ2n) is 11.2. The van der Waals surface area contributed by atoms with Gasteiger partial charge in [-0.05, 0) is 32.3 Å². The third kappa shape index (κ3) is 8.55. The number of esters is 1. The first kappa shape index (κ1) is 33.8. The molecular formula is C29H44NO12P. The van der Waals surface area contributed by atoms with Crippen molar-refractivity contribution in [1.82, 2.24) is 5.32 Å². The molecule has 0 aromatic heterocycles. The second kappa shape index (κ2) is 14.8. The first-order chi connectivity index (χ1) is 20.5. The number of methoxy groups -OCH3 is 1. The van der Waals surface area contributed by atoms with Gasteiger partial charge in [0.2, 0.25) is 0 Å². The van der Waals surface area contributed by atoms with Gasteiger partial charge in [-0.15, -0.1) is 0 Å². The highest BCUT2D eigenvalue weighted by molar-refractivity contribution is 7.48. The first-order valence-corrected chi connectivity index (χ1v) is 16.3. The highest BCUT2D eigenvalue weighted by Crippen LogP contribution is 2.56. The van der Waals surface area contributed by atoms with Gasteiger partial charge in [-0.25, -0.2) is 18.7 Å². The van der Waals surface area contributed by atoms with Crippen LogP contribution in [0.4, 0.5) is 4.79 Å². The van der Waals surface area contributed by atoms with Crippen molar-refractivity contribution in [1.29, 1.82) is 0 Å². The van der Waals surface area contributed by atoms with E-state index in [4.69, 9.17) is 42.0 Å². The lowest BCUT2D eigenvalue weighted by atomic mass is 9.89. The number of ether oxygens (including phenoxy) is 6. The maximum atomic E-state index is 13.9. The number of alkyl carbamates (subject to hydrolysis) is 1. The van der Waals surface area contributed by atoms with E-state index in [0.717, 1.165) is 25.5 Å². The van der Waals surface area contributed by atoms with Gasteiger partial charge in [0, 0.05) is 0 Å². The lowest BCUT2D eigenvalue weighted by Crippen LogP contribution is -2.65. The van der Waals surface area contributed by atoms with Crippen molar-refractivity contribution < 1.29 is 56.1 Å². The summed E-state index contributed by atoms with van der Waals surface area (Å²) in [6.07, 6.45) is -1.88. The van der Waals surface area contributed by atoms with E-state index >= 15 is 0 Å². The number of nitrogens with one attached hydrogen (secondary N) is 1. The van der Waals surface area contributed by atoms with E-state index < -0.39 is 61.9 Å². The fraction of sp³-hybridized carbons (Fsp3) is 0.724. The molecule has 3 aliphatic heterocycles. The number of hydrogen-bond donors (Lipinski definition) is 1. The largest absolute Gasteiger partial charge is 0.477 e. The molecule has 1 amide bonds. The molecule has 14 heteroatoms. The van der Waals surface area contributed by atoms with E-state index in [-0.39, 0.29) is 26.2 Å². The monoisotopic (exact) mass is 629 g/mol. The highest BCUT2D eigenvalue weighted by atomic mass is 31.2. The lowest BCUT2D eigenvalue weighted by Gasteiger charge is -2.45. The Morgan fingerprint density at radius 2 is 1.70 bits per heavy atom. The van der Waals surface area contributed by atoms with E-state index in [1.807, 2.05) is 44.2 Å². The predicted molar refractivity (Wildman–Crippen MR) is 152 cm³/mol. The Bertz CT molecular complexity index is 1110. The average molecular weight is 630 g/mol. The fourth-order valence-corrected chi connectivity index (χ4v) is 6.68. The second-order valence-corrected chi connectivity index (χ2v) is 12.8. The molecule has 13 nitrogen and oxygen atoms in total. The van der Waals surface area contributed by atoms with Gasteiger partial charge >= 0.3 is 19.9 Å². The van der Waals surface area contributed by atoms with E-state index in [9.17, 15) is 14.2 Å². The van der Waals surface area contributed by atoms with Gasteiger partial charge in [0.15, 0.2) is 5.79 Å². The maximum absolute atomic E-state index is 13.9. The third-order valence-electron chi connectivity index (χ3n) is 7.28. The van der Waals surface area contributed by atoms with E-state index in [1.165, 1.54) is 0 Å². The van der Waals surface area contributed by atoms with Gasteiger partial charge < -0.3 is 33.7 Å². The fourth-order valence-electron chi connectivity index (χ4n) is 5.25. The van der Waals surface area contributed by atoms with Crippen molar-refractivity contribution in [2.75, 3.05) is 26.9 Å². The number of amides is 1. The van der Waals surface area contributed by atoms with Crippen LogP contribution in [-0.2, 0) is 58.0 Å². The van der Waals surface area contributed by atoms with E-state index in [1.54, 1.807) is 13.8 Å². The molecule has 0 aliphatic carbocycles. The summed E-state index contributed by atoms with van der Waals surface area (Å²) in [5.74, 6) is -4.36. The van der Waals surface area contributed by atoms with Gasteiger partial charge in [-0.2, -0.15) is 0 Å². The Kier molecular flexibility index (Phi) is 11.6. The first-order valence-electron chi connectivity index (χ1n) is 14.8. The molecule has 1 aromatic rings.